The number of aromatic nitrogens is 3. The molecule has 0 atom stereocenters. The summed E-state index contributed by atoms with van der Waals surface area (Å²) in [5.41, 5.74) is 1.94. The van der Waals surface area contributed by atoms with Crippen molar-refractivity contribution in [3.63, 3.8) is 0 Å². The fourth-order valence-electron chi connectivity index (χ4n) is 3.15. The van der Waals surface area contributed by atoms with Gasteiger partial charge in [0.1, 0.15) is 11.6 Å². The molecule has 0 bridgehead atoms. The van der Waals surface area contributed by atoms with E-state index < -0.39 is 0 Å². The third-order valence-corrected chi connectivity index (χ3v) is 6.55. The Balaban J connectivity index is 1.39. The van der Waals surface area contributed by atoms with Crippen LogP contribution in [0.5, 0.6) is 5.75 Å². The standard InChI is InChI=1S/C24H22N4OS2/c25-18-20-8-10-21(11-9-20)29-14-16-31-24-27-26-23(17-22-7-4-15-30-22)28(24)13-12-19-5-2-1-3-6-19/h1-11,15H,12-14,16-17H2. The van der Waals surface area contributed by atoms with Gasteiger partial charge < -0.3 is 9.30 Å². The van der Waals surface area contributed by atoms with Crippen molar-refractivity contribution < 1.29 is 4.74 Å². The summed E-state index contributed by atoms with van der Waals surface area (Å²) in [7, 11) is 0. The lowest BCUT2D eigenvalue weighted by atomic mass is 10.1. The van der Waals surface area contributed by atoms with Gasteiger partial charge in [-0.05, 0) is 47.7 Å². The predicted octanol–water partition coefficient (Wildman–Crippen LogP) is 5.22. The molecule has 2 aromatic heterocycles. The van der Waals surface area contributed by atoms with Crippen molar-refractivity contribution in [2.24, 2.45) is 0 Å². The van der Waals surface area contributed by atoms with E-state index in [9.17, 15) is 0 Å². The van der Waals surface area contributed by atoms with Gasteiger partial charge in [-0.3, -0.25) is 0 Å². The van der Waals surface area contributed by atoms with Crippen molar-refractivity contribution in [2.75, 3.05) is 12.4 Å². The molecule has 0 spiro atoms. The summed E-state index contributed by atoms with van der Waals surface area (Å²) in [4.78, 5) is 1.29. The maximum absolute atomic E-state index is 8.89. The third kappa shape index (κ3) is 5.97. The summed E-state index contributed by atoms with van der Waals surface area (Å²) in [6.45, 7) is 1.40. The first-order chi connectivity index (χ1) is 15.3. The van der Waals surface area contributed by atoms with Gasteiger partial charge in [0, 0.05) is 23.6 Å². The Morgan fingerprint density at radius 1 is 1.00 bits per heavy atom. The predicted molar refractivity (Wildman–Crippen MR) is 125 cm³/mol. The minimum absolute atomic E-state index is 0.558. The highest BCUT2D eigenvalue weighted by Gasteiger charge is 2.14. The first-order valence-electron chi connectivity index (χ1n) is 10.1. The molecule has 31 heavy (non-hydrogen) atoms. The monoisotopic (exact) mass is 446 g/mol. The van der Waals surface area contributed by atoms with Crippen molar-refractivity contribution in [1.82, 2.24) is 14.8 Å². The van der Waals surface area contributed by atoms with E-state index in [0.717, 1.165) is 41.9 Å². The second kappa shape index (κ2) is 10.8. The lowest BCUT2D eigenvalue weighted by molar-refractivity contribution is 0.343. The molecule has 0 amide bonds. The van der Waals surface area contributed by atoms with Gasteiger partial charge in [-0.25, -0.2) is 0 Å². The number of hydrogen-bond donors (Lipinski definition) is 0. The molecular weight excluding hydrogens is 424 g/mol. The van der Waals surface area contributed by atoms with Crippen molar-refractivity contribution in [2.45, 2.75) is 24.5 Å². The SMILES string of the molecule is N#Cc1ccc(OCCSc2nnc(Cc3cccs3)n2CCc2ccccc2)cc1. The molecule has 0 saturated carbocycles. The normalized spacial score (nSPS) is 10.7. The molecular formula is C24H22N4OS2. The van der Waals surface area contributed by atoms with Gasteiger partial charge in [0.2, 0.25) is 0 Å². The van der Waals surface area contributed by atoms with Crippen LogP contribution in [0.1, 0.15) is 21.8 Å². The van der Waals surface area contributed by atoms with Crippen molar-refractivity contribution in [1.29, 1.82) is 5.26 Å². The molecule has 0 N–H and O–H groups in total. The number of benzene rings is 2. The maximum Gasteiger partial charge on any atom is 0.191 e. The second-order valence-corrected chi connectivity index (χ2v) is 8.97. The van der Waals surface area contributed by atoms with E-state index in [4.69, 9.17) is 10.00 Å². The van der Waals surface area contributed by atoms with Crippen LogP contribution in [-0.4, -0.2) is 27.1 Å². The summed E-state index contributed by atoms with van der Waals surface area (Å²) >= 11 is 3.40. The van der Waals surface area contributed by atoms with E-state index >= 15 is 0 Å². The Bertz CT molecular complexity index is 1120. The Kier molecular flexibility index (Phi) is 7.37. The van der Waals surface area contributed by atoms with Gasteiger partial charge in [0.15, 0.2) is 5.16 Å². The molecule has 156 valence electrons. The Morgan fingerprint density at radius 2 is 1.84 bits per heavy atom. The number of hydrogen-bond acceptors (Lipinski definition) is 6. The number of nitriles is 1. The fourth-order valence-corrected chi connectivity index (χ4v) is 4.66. The molecule has 0 unspecified atom stereocenters. The van der Waals surface area contributed by atoms with E-state index in [1.807, 2.05) is 18.2 Å². The molecule has 0 fully saturated rings. The van der Waals surface area contributed by atoms with Gasteiger partial charge in [-0.2, -0.15) is 5.26 Å². The van der Waals surface area contributed by atoms with Gasteiger partial charge >= 0.3 is 0 Å². The summed E-state index contributed by atoms with van der Waals surface area (Å²) in [6.07, 6.45) is 1.73. The van der Waals surface area contributed by atoms with Crippen LogP contribution in [0.2, 0.25) is 0 Å². The van der Waals surface area contributed by atoms with Crippen LogP contribution in [0.3, 0.4) is 0 Å². The lowest BCUT2D eigenvalue weighted by Gasteiger charge is -2.10. The van der Waals surface area contributed by atoms with Crippen LogP contribution >= 0.6 is 23.1 Å². The van der Waals surface area contributed by atoms with Crippen molar-refractivity contribution in [3.8, 4) is 11.8 Å². The van der Waals surface area contributed by atoms with Gasteiger partial charge in [-0.1, -0.05) is 48.2 Å². The van der Waals surface area contributed by atoms with Gasteiger partial charge in [0.25, 0.3) is 0 Å². The van der Waals surface area contributed by atoms with E-state index in [0.29, 0.717) is 12.2 Å². The van der Waals surface area contributed by atoms with Crippen LogP contribution < -0.4 is 4.74 Å². The number of aryl methyl sites for hydroxylation is 1. The molecule has 0 saturated heterocycles. The first-order valence-corrected chi connectivity index (χ1v) is 11.9. The molecule has 5 nitrogen and oxygen atoms in total. The number of thiophene rings is 1. The number of ether oxygens (including phenoxy) is 1. The minimum atomic E-state index is 0.558. The molecule has 7 heteroatoms. The number of thioether (sulfide) groups is 1. The highest BCUT2D eigenvalue weighted by molar-refractivity contribution is 7.99. The molecule has 2 aromatic carbocycles. The molecule has 0 aliphatic heterocycles. The smallest absolute Gasteiger partial charge is 0.191 e. The fraction of sp³-hybridized carbons (Fsp3) is 0.208. The maximum atomic E-state index is 8.89. The highest BCUT2D eigenvalue weighted by Crippen LogP contribution is 2.21. The second-order valence-electron chi connectivity index (χ2n) is 6.88. The Morgan fingerprint density at radius 3 is 2.58 bits per heavy atom. The minimum Gasteiger partial charge on any atom is -0.493 e. The Labute approximate surface area is 190 Å². The van der Waals surface area contributed by atoms with Gasteiger partial charge in [-0.15, -0.1) is 21.5 Å². The van der Waals surface area contributed by atoms with Crippen LogP contribution in [-0.2, 0) is 19.4 Å². The largest absolute Gasteiger partial charge is 0.493 e. The molecule has 4 rings (SSSR count). The van der Waals surface area contributed by atoms with E-state index in [2.05, 4.69) is 62.6 Å². The van der Waals surface area contributed by atoms with E-state index in [1.165, 1.54) is 10.4 Å². The zero-order chi connectivity index (χ0) is 21.3. The zero-order valence-corrected chi connectivity index (χ0v) is 18.6. The van der Waals surface area contributed by atoms with Crippen LogP contribution in [0, 0.1) is 11.3 Å². The van der Waals surface area contributed by atoms with E-state index in [1.54, 1.807) is 35.2 Å². The van der Waals surface area contributed by atoms with Crippen molar-refractivity contribution >= 4 is 23.1 Å². The number of rotatable bonds is 10. The summed E-state index contributed by atoms with van der Waals surface area (Å²) < 4.78 is 8.04. The first kappa shape index (κ1) is 21.2. The summed E-state index contributed by atoms with van der Waals surface area (Å²) in [5.74, 6) is 2.53. The summed E-state index contributed by atoms with van der Waals surface area (Å²) in [6, 6.07) is 24.0. The quantitative estimate of drug-likeness (QED) is 0.247. The Hall–Kier alpha value is -3.08. The average molecular weight is 447 g/mol. The average Bonchev–Trinajstić information content (AvgIpc) is 3.47. The molecule has 2 heterocycles. The molecule has 0 aliphatic rings. The third-order valence-electron chi connectivity index (χ3n) is 4.74. The summed E-state index contributed by atoms with van der Waals surface area (Å²) in [5, 5.41) is 20.9. The topological polar surface area (TPSA) is 63.7 Å². The van der Waals surface area contributed by atoms with Crippen LogP contribution in [0.25, 0.3) is 0 Å². The van der Waals surface area contributed by atoms with Crippen LogP contribution in [0.4, 0.5) is 0 Å². The lowest BCUT2D eigenvalue weighted by Crippen LogP contribution is -2.09. The molecule has 0 aliphatic carbocycles. The van der Waals surface area contributed by atoms with E-state index in [-0.39, 0.29) is 0 Å². The van der Waals surface area contributed by atoms with Crippen molar-refractivity contribution in [3.05, 3.63) is 93.9 Å². The molecule has 4 aromatic rings. The van der Waals surface area contributed by atoms with Gasteiger partial charge in [0.05, 0.1) is 18.2 Å². The van der Waals surface area contributed by atoms with Crippen LogP contribution in [0.15, 0.2) is 77.3 Å². The number of nitrogens with zero attached hydrogens (tertiary/aromatic N) is 4. The highest BCUT2D eigenvalue weighted by atomic mass is 32.2. The zero-order valence-electron chi connectivity index (χ0n) is 17.0. The molecule has 0 radical (unpaired) electrons.